The van der Waals surface area contributed by atoms with Crippen LogP contribution in [0.3, 0.4) is 0 Å². The van der Waals surface area contributed by atoms with E-state index in [-0.39, 0.29) is 11.8 Å². The van der Waals surface area contributed by atoms with Crippen LogP contribution in [0.15, 0.2) is 204 Å². The lowest BCUT2D eigenvalue weighted by atomic mass is 9.79. The molecule has 0 amide bonds. The molecule has 0 fully saturated rings. The predicted molar refractivity (Wildman–Crippen MR) is 246 cm³/mol. The van der Waals surface area contributed by atoms with E-state index in [9.17, 15) is 0 Å². The van der Waals surface area contributed by atoms with E-state index in [1.165, 1.54) is 99.8 Å². The SMILES string of the molecule is C[C@@H](c1cc(-c2ccccc2)cc(-c2ccccc2)c1)C1c2ccccc2-c2cc(-c3ccc4c(c3)C3=C(C=CC3)C4Cc3cccc4c3oc3ccccc34)ccc21. The quantitative estimate of drug-likeness (QED) is 0.158. The highest BCUT2D eigenvalue weighted by Crippen LogP contribution is 2.54. The molecular weight excluding hydrogens is 713 g/mol. The zero-order valence-corrected chi connectivity index (χ0v) is 33.0. The summed E-state index contributed by atoms with van der Waals surface area (Å²) in [6.45, 7) is 2.43. The fourth-order valence-electron chi connectivity index (χ4n) is 10.7. The molecule has 9 aromatic rings. The predicted octanol–water partition coefficient (Wildman–Crippen LogP) is 15.6. The Labute approximate surface area is 345 Å². The summed E-state index contributed by atoms with van der Waals surface area (Å²) in [7, 11) is 0. The van der Waals surface area contributed by atoms with E-state index in [0.717, 1.165) is 24.0 Å². The van der Waals surface area contributed by atoms with Gasteiger partial charge in [0.25, 0.3) is 0 Å². The molecule has 0 N–H and O–H groups in total. The van der Waals surface area contributed by atoms with Crippen LogP contribution >= 0.6 is 0 Å². The molecular formula is C58H42O. The van der Waals surface area contributed by atoms with Gasteiger partial charge in [-0.3, -0.25) is 0 Å². The van der Waals surface area contributed by atoms with Crippen LogP contribution in [0, 0.1) is 0 Å². The van der Waals surface area contributed by atoms with Gasteiger partial charge in [-0.25, -0.2) is 0 Å². The van der Waals surface area contributed by atoms with Gasteiger partial charge >= 0.3 is 0 Å². The Morgan fingerprint density at radius 2 is 1.15 bits per heavy atom. The van der Waals surface area contributed by atoms with Crippen LogP contribution in [0.25, 0.3) is 72.0 Å². The first-order valence-electron chi connectivity index (χ1n) is 21.1. The number of hydrogen-bond donors (Lipinski definition) is 0. The molecule has 0 saturated carbocycles. The van der Waals surface area contributed by atoms with Gasteiger partial charge in [0.2, 0.25) is 0 Å². The third-order valence-electron chi connectivity index (χ3n) is 13.5. The van der Waals surface area contributed by atoms with Crippen LogP contribution in [-0.4, -0.2) is 0 Å². The third kappa shape index (κ3) is 5.53. The molecule has 12 rings (SSSR count). The standard InChI is InChI=1S/C58H42O/c1-36(42-30-43(37-14-4-2-5-15-37)32-44(31-42)38-16-6-3-7-17-38)57-50-21-9-8-19-47(50)55-34-40(27-29-51(55)57)39-26-28-48-53(33-39)45-22-13-23-46(45)54(48)35-41-18-12-24-52-49-20-10-11-25-56(49)59-58(41)52/h2-21,23-34,36,54,57H,22,35H2,1H3/t36-,54?,57?/m0/s1. The van der Waals surface area contributed by atoms with Crippen molar-refractivity contribution in [2.24, 2.45) is 0 Å². The Morgan fingerprint density at radius 1 is 0.508 bits per heavy atom. The van der Waals surface area contributed by atoms with Crippen molar-refractivity contribution < 1.29 is 4.42 Å². The van der Waals surface area contributed by atoms with E-state index in [1.54, 1.807) is 0 Å². The maximum absolute atomic E-state index is 6.49. The molecule has 8 aromatic carbocycles. The van der Waals surface area contributed by atoms with Gasteiger partial charge in [0, 0.05) is 22.6 Å². The summed E-state index contributed by atoms with van der Waals surface area (Å²) in [5.41, 5.74) is 23.5. The number of para-hydroxylation sites is 2. The molecule has 2 unspecified atom stereocenters. The Balaban J connectivity index is 0.910. The molecule has 0 bridgehead atoms. The van der Waals surface area contributed by atoms with Crippen molar-refractivity contribution in [3.05, 3.63) is 233 Å². The van der Waals surface area contributed by atoms with Crippen molar-refractivity contribution in [3.8, 4) is 44.5 Å². The average Bonchev–Trinajstić information content (AvgIpc) is 4.08. The number of benzene rings is 8. The summed E-state index contributed by atoms with van der Waals surface area (Å²) in [5.74, 6) is 0.819. The fraction of sp³-hybridized carbons (Fsp3) is 0.103. The fourth-order valence-corrected chi connectivity index (χ4v) is 10.7. The lowest BCUT2D eigenvalue weighted by Gasteiger charge is -2.24. The molecule has 1 heterocycles. The zero-order valence-electron chi connectivity index (χ0n) is 33.0. The number of furan rings is 1. The molecule has 0 saturated heterocycles. The van der Waals surface area contributed by atoms with E-state index in [0.29, 0.717) is 5.92 Å². The molecule has 1 nitrogen and oxygen atoms in total. The summed E-state index contributed by atoms with van der Waals surface area (Å²) in [6.07, 6.45) is 6.64. The first-order valence-corrected chi connectivity index (χ1v) is 21.1. The summed E-state index contributed by atoms with van der Waals surface area (Å²) in [6, 6.07) is 67.5. The van der Waals surface area contributed by atoms with Crippen molar-refractivity contribution in [3.63, 3.8) is 0 Å². The monoisotopic (exact) mass is 754 g/mol. The Bertz CT molecular complexity index is 3120. The smallest absolute Gasteiger partial charge is 0.138 e. The Morgan fingerprint density at radius 3 is 1.93 bits per heavy atom. The molecule has 1 heteroatoms. The largest absolute Gasteiger partial charge is 0.456 e. The van der Waals surface area contributed by atoms with Gasteiger partial charge in [0.1, 0.15) is 11.2 Å². The zero-order chi connectivity index (χ0) is 39.0. The van der Waals surface area contributed by atoms with Gasteiger partial charge < -0.3 is 4.42 Å². The van der Waals surface area contributed by atoms with Crippen LogP contribution in [0.2, 0.25) is 0 Å². The van der Waals surface area contributed by atoms with E-state index in [4.69, 9.17) is 4.42 Å². The molecule has 0 radical (unpaired) electrons. The Kier molecular flexibility index (Phi) is 7.85. The van der Waals surface area contributed by atoms with Crippen molar-refractivity contribution in [1.82, 2.24) is 0 Å². The van der Waals surface area contributed by atoms with Crippen LogP contribution in [0.1, 0.15) is 64.5 Å². The average molecular weight is 755 g/mol. The topological polar surface area (TPSA) is 13.1 Å². The molecule has 3 aliphatic rings. The van der Waals surface area contributed by atoms with Gasteiger partial charge in [-0.05, 0) is 132 Å². The first kappa shape index (κ1) is 34.1. The highest BCUT2D eigenvalue weighted by Gasteiger charge is 2.35. The second kappa shape index (κ2) is 13.6. The van der Waals surface area contributed by atoms with Crippen LogP contribution < -0.4 is 0 Å². The molecule has 3 aliphatic carbocycles. The Hall–Kier alpha value is -6.96. The van der Waals surface area contributed by atoms with Gasteiger partial charge in [0.05, 0.1) is 0 Å². The van der Waals surface area contributed by atoms with Crippen LogP contribution in [-0.2, 0) is 6.42 Å². The molecule has 59 heavy (non-hydrogen) atoms. The highest BCUT2D eigenvalue weighted by molar-refractivity contribution is 6.06. The van der Waals surface area contributed by atoms with Crippen molar-refractivity contribution in [2.45, 2.75) is 37.5 Å². The molecule has 280 valence electrons. The third-order valence-corrected chi connectivity index (χ3v) is 13.5. The van der Waals surface area contributed by atoms with Crippen LogP contribution in [0.4, 0.5) is 0 Å². The molecule has 0 spiro atoms. The van der Waals surface area contributed by atoms with Crippen molar-refractivity contribution in [2.75, 3.05) is 0 Å². The van der Waals surface area contributed by atoms with E-state index in [2.05, 4.69) is 201 Å². The molecule has 1 aromatic heterocycles. The first-order chi connectivity index (χ1) is 29.2. The van der Waals surface area contributed by atoms with Crippen LogP contribution in [0.5, 0.6) is 0 Å². The van der Waals surface area contributed by atoms with E-state index >= 15 is 0 Å². The maximum atomic E-state index is 6.49. The second-order valence-corrected chi connectivity index (χ2v) is 16.7. The second-order valence-electron chi connectivity index (χ2n) is 16.7. The van der Waals surface area contributed by atoms with E-state index in [1.807, 2.05) is 0 Å². The normalized spacial score (nSPS) is 16.7. The number of fused-ring (bicyclic) bond motifs is 8. The molecule has 3 atom stereocenters. The van der Waals surface area contributed by atoms with Gasteiger partial charge in [0.15, 0.2) is 0 Å². The lowest BCUT2D eigenvalue weighted by molar-refractivity contribution is 0.658. The van der Waals surface area contributed by atoms with Crippen molar-refractivity contribution >= 4 is 27.5 Å². The lowest BCUT2D eigenvalue weighted by Crippen LogP contribution is -2.08. The minimum absolute atomic E-state index is 0.249. The number of rotatable bonds is 7. The summed E-state index contributed by atoms with van der Waals surface area (Å²) < 4.78 is 6.49. The minimum atomic E-state index is 0.249. The van der Waals surface area contributed by atoms with Gasteiger partial charge in [-0.2, -0.15) is 0 Å². The van der Waals surface area contributed by atoms with Crippen molar-refractivity contribution in [1.29, 1.82) is 0 Å². The summed E-state index contributed by atoms with van der Waals surface area (Å²) in [5, 5.41) is 2.39. The van der Waals surface area contributed by atoms with Gasteiger partial charge in [-0.15, -0.1) is 0 Å². The number of allylic oxidation sites excluding steroid dienone is 4. The number of hydrogen-bond acceptors (Lipinski definition) is 1. The molecule has 0 aliphatic heterocycles. The van der Waals surface area contributed by atoms with E-state index < -0.39 is 0 Å². The maximum Gasteiger partial charge on any atom is 0.138 e. The van der Waals surface area contributed by atoms with Gasteiger partial charge in [-0.1, -0.05) is 177 Å². The highest BCUT2D eigenvalue weighted by atomic mass is 16.3. The minimum Gasteiger partial charge on any atom is -0.456 e. The summed E-state index contributed by atoms with van der Waals surface area (Å²) >= 11 is 0. The summed E-state index contributed by atoms with van der Waals surface area (Å²) in [4.78, 5) is 0.